The molecule has 6 heteroatoms. The number of carbonyl (C=O) groups is 2. The second-order valence-corrected chi connectivity index (χ2v) is 22.5. The zero-order chi connectivity index (χ0) is 51.4. The summed E-state index contributed by atoms with van der Waals surface area (Å²) in [7, 11) is 0. The second-order valence-electron chi connectivity index (χ2n) is 22.5. The molecule has 422 valence electrons. The second kappa shape index (κ2) is 61.1. The van der Waals surface area contributed by atoms with E-state index in [1.165, 1.54) is 289 Å². The fourth-order valence-corrected chi connectivity index (χ4v) is 10.3. The number of unbranched alkanes of at least 4 members (excludes halogenated alkanes) is 48. The van der Waals surface area contributed by atoms with Gasteiger partial charge in [0.15, 0.2) is 0 Å². The molecular formula is C65H127NO5. The molecule has 2 atom stereocenters. The Morgan fingerprint density at radius 2 is 0.676 bits per heavy atom. The van der Waals surface area contributed by atoms with Gasteiger partial charge in [0.05, 0.1) is 25.4 Å². The van der Waals surface area contributed by atoms with Crippen LogP contribution in [-0.4, -0.2) is 47.4 Å². The summed E-state index contributed by atoms with van der Waals surface area (Å²) >= 11 is 0. The summed E-state index contributed by atoms with van der Waals surface area (Å²) < 4.78 is 5.46. The van der Waals surface area contributed by atoms with E-state index in [0.717, 1.165) is 44.9 Å². The van der Waals surface area contributed by atoms with E-state index in [1.807, 2.05) is 0 Å². The minimum atomic E-state index is -0.661. The number of esters is 1. The molecule has 71 heavy (non-hydrogen) atoms. The third-order valence-electron chi connectivity index (χ3n) is 15.3. The normalized spacial score (nSPS) is 12.6. The summed E-state index contributed by atoms with van der Waals surface area (Å²) in [6.45, 7) is 4.94. The lowest BCUT2D eigenvalue weighted by molar-refractivity contribution is -0.143. The maximum atomic E-state index is 12.5. The number of allylic oxidation sites excluding steroid dienone is 2. The Hall–Kier alpha value is -1.40. The topological polar surface area (TPSA) is 95.9 Å². The molecule has 0 radical (unpaired) electrons. The highest BCUT2D eigenvalue weighted by Crippen LogP contribution is 2.19. The van der Waals surface area contributed by atoms with Crippen LogP contribution >= 0.6 is 0 Å². The number of rotatable bonds is 61. The predicted molar refractivity (Wildman–Crippen MR) is 310 cm³/mol. The van der Waals surface area contributed by atoms with Crippen molar-refractivity contribution in [2.75, 3.05) is 13.2 Å². The highest BCUT2D eigenvalue weighted by atomic mass is 16.5. The zero-order valence-corrected chi connectivity index (χ0v) is 48.2. The molecule has 2 unspecified atom stereocenters. The zero-order valence-electron chi connectivity index (χ0n) is 48.2. The number of amides is 1. The van der Waals surface area contributed by atoms with Gasteiger partial charge >= 0.3 is 5.97 Å². The van der Waals surface area contributed by atoms with Crippen molar-refractivity contribution < 1.29 is 24.5 Å². The lowest BCUT2D eigenvalue weighted by Gasteiger charge is -2.22. The van der Waals surface area contributed by atoms with Gasteiger partial charge in [-0.1, -0.05) is 321 Å². The highest BCUT2D eigenvalue weighted by molar-refractivity contribution is 5.76. The lowest BCUT2D eigenvalue weighted by atomic mass is 10.0. The Morgan fingerprint density at radius 1 is 0.380 bits per heavy atom. The van der Waals surface area contributed by atoms with Gasteiger partial charge in [0.25, 0.3) is 0 Å². The van der Waals surface area contributed by atoms with E-state index in [0.29, 0.717) is 25.9 Å². The molecule has 0 saturated heterocycles. The molecule has 0 saturated carbocycles. The molecule has 0 aromatic carbocycles. The minimum absolute atomic E-state index is 0.00824. The van der Waals surface area contributed by atoms with Gasteiger partial charge in [0.1, 0.15) is 0 Å². The van der Waals surface area contributed by atoms with Crippen molar-refractivity contribution >= 4 is 11.9 Å². The van der Waals surface area contributed by atoms with Crippen LogP contribution in [0.2, 0.25) is 0 Å². The largest absolute Gasteiger partial charge is 0.466 e. The summed E-state index contributed by atoms with van der Waals surface area (Å²) in [6, 6.07) is -0.538. The number of hydrogen-bond acceptors (Lipinski definition) is 5. The van der Waals surface area contributed by atoms with Crippen LogP contribution in [0.3, 0.4) is 0 Å². The third kappa shape index (κ3) is 57.7. The fourth-order valence-electron chi connectivity index (χ4n) is 10.3. The molecule has 0 bridgehead atoms. The van der Waals surface area contributed by atoms with Crippen LogP contribution in [0.1, 0.15) is 367 Å². The van der Waals surface area contributed by atoms with Crippen LogP contribution in [-0.2, 0) is 14.3 Å². The molecule has 0 aromatic rings. The summed E-state index contributed by atoms with van der Waals surface area (Å²) in [4.78, 5) is 24.5. The Labute approximate surface area is 444 Å². The van der Waals surface area contributed by atoms with Gasteiger partial charge in [-0.15, -0.1) is 0 Å². The van der Waals surface area contributed by atoms with Crippen molar-refractivity contribution in [3.05, 3.63) is 12.2 Å². The van der Waals surface area contributed by atoms with Gasteiger partial charge in [0, 0.05) is 12.8 Å². The van der Waals surface area contributed by atoms with Crippen molar-refractivity contribution in [1.82, 2.24) is 5.32 Å². The molecule has 0 aromatic heterocycles. The maximum Gasteiger partial charge on any atom is 0.305 e. The SMILES string of the molecule is CCCC/C=C\CCCCCCCC(=O)OCCCCCCCCCCCCCCCCCCCCCCCCCCCCCCC(=O)NC(CO)C(O)CCCCCCCCCCCCCCCCC. The predicted octanol–water partition coefficient (Wildman–Crippen LogP) is 20.4. The van der Waals surface area contributed by atoms with Gasteiger partial charge in [-0.05, 0) is 44.9 Å². The van der Waals surface area contributed by atoms with Crippen LogP contribution in [0.4, 0.5) is 0 Å². The first kappa shape index (κ1) is 69.6. The van der Waals surface area contributed by atoms with Crippen molar-refractivity contribution in [2.24, 2.45) is 0 Å². The summed E-state index contributed by atoms with van der Waals surface area (Å²) in [5.41, 5.74) is 0. The molecule has 0 aliphatic heterocycles. The number of aliphatic hydroxyl groups excluding tert-OH is 2. The Kier molecular flexibility index (Phi) is 59.9. The van der Waals surface area contributed by atoms with Crippen molar-refractivity contribution in [3.8, 4) is 0 Å². The lowest BCUT2D eigenvalue weighted by Crippen LogP contribution is -2.45. The maximum absolute atomic E-state index is 12.5. The Bertz CT molecular complexity index is 1060. The van der Waals surface area contributed by atoms with E-state index in [9.17, 15) is 19.8 Å². The van der Waals surface area contributed by atoms with Gasteiger partial charge in [-0.3, -0.25) is 9.59 Å². The molecule has 0 fully saturated rings. The van der Waals surface area contributed by atoms with Gasteiger partial charge in [0.2, 0.25) is 5.91 Å². The van der Waals surface area contributed by atoms with E-state index in [1.54, 1.807) is 0 Å². The average Bonchev–Trinajstić information content (AvgIpc) is 3.37. The molecule has 6 nitrogen and oxygen atoms in total. The van der Waals surface area contributed by atoms with E-state index < -0.39 is 12.1 Å². The van der Waals surface area contributed by atoms with Crippen LogP contribution in [0.25, 0.3) is 0 Å². The third-order valence-corrected chi connectivity index (χ3v) is 15.3. The molecule has 3 N–H and O–H groups in total. The highest BCUT2D eigenvalue weighted by Gasteiger charge is 2.20. The molecule has 0 rings (SSSR count). The number of hydrogen-bond donors (Lipinski definition) is 3. The van der Waals surface area contributed by atoms with Crippen LogP contribution in [0.15, 0.2) is 12.2 Å². The van der Waals surface area contributed by atoms with E-state index >= 15 is 0 Å². The van der Waals surface area contributed by atoms with Crippen LogP contribution < -0.4 is 5.32 Å². The molecule has 0 spiro atoms. The van der Waals surface area contributed by atoms with Crippen molar-refractivity contribution in [3.63, 3.8) is 0 Å². The molecule has 0 aliphatic carbocycles. The molecule has 1 amide bonds. The Balaban J connectivity index is 3.33. The number of aliphatic hydroxyl groups is 2. The quantitative estimate of drug-likeness (QED) is 0.0320. The first-order valence-electron chi connectivity index (χ1n) is 32.4. The van der Waals surface area contributed by atoms with Gasteiger partial charge < -0.3 is 20.3 Å². The summed E-state index contributed by atoms with van der Waals surface area (Å²) in [6.07, 6.45) is 73.8. The Morgan fingerprint density at radius 3 is 1.04 bits per heavy atom. The minimum Gasteiger partial charge on any atom is -0.466 e. The van der Waals surface area contributed by atoms with Crippen molar-refractivity contribution in [2.45, 2.75) is 379 Å². The number of carbonyl (C=O) groups excluding carboxylic acids is 2. The fraction of sp³-hybridized carbons (Fsp3) is 0.938. The van der Waals surface area contributed by atoms with Crippen LogP contribution in [0, 0.1) is 0 Å². The summed E-state index contributed by atoms with van der Waals surface area (Å²) in [5, 5.41) is 23.3. The monoisotopic (exact) mass is 1000 g/mol. The number of ether oxygens (including phenoxy) is 1. The smallest absolute Gasteiger partial charge is 0.305 e. The molecule has 0 heterocycles. The van der Waals surface area contributed by atoms with E-state index in [2.05, 4.69) is 31.3 Å². The number of nitrogens with one attached hydrogen (secondary N) is 1. The van der Waals surface area contributed by atoms with E-state index in [-0.39, 0.29) is 18.5 Å². The van der Waals surface area contributed by atoms with Gasteiger partial charge in [-0.25, -0.2) is 0 Å². The standard InChI is InChI=1S/C65H127NO5/c1-3-5-7-9-11-13-15-16-31-34-38-41-45-49-53-57-63(68)62(61-67)66-64(69)58-54-50-46-42-39-35-32-29-27-25-23-21-19-17-18-20-22-24-26-28-30-33-36-40-44-48-52-56-60-71-65(70)59-55-51-47-43-37-14-12-10-8-6-4-2/h10,12,62-63,67-68H,3-9,11,13-61H2,1-2H3,(H,66,69)/b12-10-. The molecule has 0 aliphatic rings. The average molecular weight is 1000 g/mol. The summed E-state index contributed by atoms with van der Waals surface area (Å²) in [5.74, 6) is -0.0208. The first-order valence-corrected chi connectivity index (χ1v) is 32.4. The van der Waals surface area contributed by atoms with Gasteiger partial charge in [-0.2, -0.15) is 0 Å². The van der Waals surface area contributed by atoms with Crippen molar-refractivity contribution in [1.29, 1.82) is 0 Å². The molecular weight excluding hydrogens is 875 g/mol. The van der Waals surface area contributed by atoms with Crippen LogP contribution in [0.5, 0.6) is 0 Å². The van der Waals surface area contributed by atoms with E-state index in [4.69, 9.17) is 4.74 Å². The first-order chi connectivity index (χ1) is 35.0.